The molecule has 1 aromatic heterocycles. The van der Waals surface area contributed by atoms with E-state index in [1.165, 1.54) is 4.88 Å². The molecule has 0 amide bonds. The van der Waals surface area contributed by atoms with E-state index >= 15 is 0 Å². The van der Waals surface area contributed by atoms with Gasteiger partial charge in [-0.25, -0.2) is 4.98 Å². The largest absolute Gasteiger partial charge is 0.375 e. The molecule has 0 aliphatic rings. The SMILES string of the molecule is COC(c1ccccc1)C(Cc1nc(C)c(C)s1)NN. The minimum Gasteiger partial charge on any atom is -0.375 e. The molecule has 0 aliphatic carbocycles. The van der Waals surface area contributed by atoms with E-state index < -0.39 is 0 Å². The van der Waals surface area contributed by atoms with Crippen LogP contribution in [0.5, 0.6) is 0 Å². The molecule has 0 spiro atoms. The molecule has 1 aromatic carbocycles. The number of nitrogens with zero attached hydrogens (tertiary/aromatic N) is 1. The first-order valence-electron chi connectivity index (χ1n) is 6.62. The molecule has 2 rings (SSSR count). The van der Waals surface area contributed by atoms with Gasteiger partial charge in [-0.1, -0.05) is 30.3 Å². The quantitative estimate of drug-likeness (QED) is 0.634. The number of aromatic nitrogens is 1. The van der Waals surface area contributed by atoms with Crippen molar-refractivity contribution in [1.29, 1.82) is 0 Å². The lowest BCUT2D eigenvalue weighted by Gasteiger charge is -2.25. The predicted octanol–water partition coefficient (Wildman–Crippen LogP) is 2.52. The fourth-order valence-corrected chi connectivity index (χ4v) is 3.24. The summed E-state index contributed by atoms with van der Waals surface area (Å²) in [5, 5.41) is 1.08. The van der Waals surface area contributed by atoms with Crippen LogP contribution in [0.2, 0.25) is 0 Å². The first kappa shape index (κ1) is 15.1. The Hall–Kier alpha value is -1.27. The van der Waals surface area contributed by atoms with Crippen LogP contribution in [0.4, 0.5) is 0 Å². The van der Waals surface area contributed by atoms with Crippen LogP contribution in [-0.4, -0.2) is 18.1 Å². The van der Waals surface area contributed by atoms with Crippen molar-refractivity contribution < 1.29 is 4.74 Å². The van der Waals surface area contributed by atoms with Crippen LogP contribution in [0.1, 0.15) is 27.2 Å². The normalized spacial score (nSPS) is 14.2. The van der Waals surface area contributed by atoms with Gasteiger partial charge in [-0.2, -0.15) is 0 Å². The standard InChI is InChI=1S/C15H21N3OS/c1-10-11(2)20-14(17-10)9-13(18-16)15(19-3)12-7-5-4-6-8-12/h4-8,13,15,18H,9,16H2,1-3H3. The average Bonchev–Trinajstić information content (AvgIpc) is 2.78. The van der Waals surface area contributed by atoms with Crippen LogP contribution >= 0.6 is 11.3 Å². The molecule has 2 unspecified atom stereocenters. The average molecular weight is 291 g/mol. The first-order valence-corrected chi connectivity index (χ1v) is 7.44. The minimum atomic E-state index is -0.0919. The van der Waals surface area contributed by atoms with Crippen molar-refractivity contribution in [2.45, 2.75) is 32.4 Å². The molecule has 0 fully saturated rings. The van der Waals surface area contributed by atoms with Gasteiger partial charge in [0, 0.05) is 18.4 Å². The fourth-order valence-electron chi connectivity index (χ4n) is 2.24. The molecule has 20 heavy (non-hydrogen) atoms. The zero-order chi connectivity index (χ0) is 14.5. The maximum absolute atomic E-state index is 5.73. The van der Waals surface area contributed by atoms with Crippen LogP contribution in [0, 0.1) is 13.8 Å². The summed E-state index contributed by atoms with van der Waals surface area (Å²) in [5.74, 6) is 5.73. The lowest BCUT2D eigenvalue weighted by molar-refractivity contribution is 0.0678. The highest BCUT2D eigenvalue weighted by Crippen LogP contribution is 2.25. The van der Waals surface area contributed by atoms with Crippen molar-refractivity contribution in [2.75, 3.05) is 7.11 Å². The van der Waals surface area contributed by atoms with Gasteiger partial charge in [-0.3, -0.25) is 11.3 Å². The number of benzene rings is 1. The number of rotatable bonds is 6. The van der Waals surface area contributed by atoms with Gasteiger partial charge in [-0.05, 0) is 19.4 Å². The highest BCUT2D eigenvalue weighted by atomic mass is 32.1. The summed E-state index contributed by atoms with van der Waals surface area (Å²) in [6.07, 6.45) is 0.661. The number of aryl methyl sites for hydroxylation is 2. The number of hydrazine groups is 1. The lowest BCUT2D eigenvalue weighted by atomic mass is 10.0. The van der Waals surface area contributed by atoms with Crippen LogP contribution in [0.15, 0.2) is 30.3 Å². The molecule has 5 heteroatoms. The molecule has 3 N–H and O–H groups in total. The Kier molecular flexibility index (Phi) is 5.25. The summed E-state index contributed by atoms with van der Waals surface area (Å²) < 4.78 is 5.63. The smallest absolute Gasteiger partial charge is 0.0991 e. The monoisotopic (exact) mass is 291 g/mol. The number of hydrogen-bond acceptors (Lipinski definition) is 5. The topological polar surface area (TPSA) is 60.2 Å². The van der Waals surface area contributed by atoms with E-state index in [4.69, 9.17) is 10.6 Å². The number of hydrogen-bond donors (Lipinski definition) is 2. The zero-order valence-corrected chi connectivity index (χ0v) is 12.9. The highest BCUT2D eigenvalue weighted by molar-refractivity contribution is 7.11. The summed E-state index contributed by atoms with van der Waals surface area (Å²) in [6.45, 7) is 4.12. The van der Waals surface area contributed by atoms with Crippen molar-refractivity contribution >= 4 is 11.3 Å². The molecule has 1 heterocycles. The van der Waals surface area contributed by atoms with E-state index in [9.17, 15) is 0 Å². The summed E-state index contributed by atoms with van der Waals surface area (Å²) in [4.78, 5) is 5.83. The van der Waals surface area contributed by atoms with Gasteiger partial charge in [0.2, 0.25) is 0 Å². The van der Waals surface area contributed by atoms with E-state index in [0.717, 1.165) is 22.7 Å². The number of thiazole rings is 1. The van der Waals surface area contributed by atoms with E-state index in [0.29, 0.717) is 0 Å². The maximum atomic E-state index is 5.73. The van der Waals surface area contributed by atoms with Crippen molar-refractivity contribution in [3.05, 3.63) is 51.5 Å². The molecular weight excluding hydrogens is 270 g/mol. The second-order valence-corrected chi connectivity index (χ2v) is 6.08. The van der Waals surface area contributed by atoms with Gasteiger partial charge >= 0.3 is 0 Å². The van der Waals surface area contributed by atoms with E-state index in [-0.39, 0.29) is 12.1 Å². The molecular formula is C15H21N3OS. The number of methoxy groups -OCH3 is 1. The van der Waals surface area contributed by atoms with Gasteiger partial charge in [0.05, 0.1) is 22.8 Å². The minimum absolute atomic E-state index is 0.00708. The van der Waals surface area contributed by atoms with Gasteiger partial charge in [-0.15, -0.1) is 11.3 Å². The van der Waals surface area contributed by atoms with Gasteiger partial charge in [0.1, 0.15) is 0 Å². The van der Waals surface area contributed by atoms with E-state index in [1.54, 1.807) is 18.4 Å². The Balaban J connectivity index is 2.17. The third-order valence-electron chi connectivity index (χ3n) is 3.43. The summed E-state index contributed by atoms with van der Waals surface area (Å²) >= 11 is 1.72. The fraction of sp³-hybridized carbons (Fsp3) is 0.400. The molecule has 4 nitrogen and oxygen atoms in total. The van der Waals surface area contributed by atoms with Crippen molar-refractivity contribution in [1.82, 2.24) is 10.4 Å². The molecule has 0 bridgehead atoms. The number of ether oxygens (including phenoxy) is 1. The number of nitrogens with two attached hydrogens (primary N) is 1. The first-order chi connectivity index (χ1) is 9.65. The molecule has 0 aliphatic heterocycles. The van der Waals surface area contributed by atoms with Crippen LogP contribution in [-0.2, 0) is 11.2 Å². The predicted molar refractivity (Wildman–Crippen MR) is 82.6 cm³/mol. The molecule has 0 radical (unpaired) electrons. The molecule has 2 aromatic rings. The molecule has 0 saturated carbocycles. The third-order valence-corrected chi connectivity index (χ3v) is 4.52. The Morgan fingerprint density at radius 1 is 1.30 bits per heavy atom. The Labute approximate surface area is 124 Å². The van der Waals surface area contributed by atoms with Crippen molar-refractivity contribution in [2.24, 2.45) is 5.84 Å². The number of nitrogens with one attached hydrogen (secondary N) is 1. The van der Waals surface area contributed by atoms with Crippen LogP contribution in [0.25, 0.3) is 0 Å². The maximum Gasteiger partial charge on any atom is 0.0991 e. The Bertz CT molecular complexity index is 522. The second kappa shape index (κ2) is 6.95. The van der Waals surface area contributed by atoms with Crippen molar-refractivity contribution in [3.63, 3.8) is 0 Å². The molecule has 108 valence electrons. The van der Waals surface area contributed by atoms with Gasteiger partial charge in [0.15, 0.2) is 0 Å². The van der Waals surface area contributed by atoms with E-state index in [2.05, 4.69) is 29.5 Å². The summed E-state index contributed by atoms with van der Waals surface area (Å²) in [7, 11) is 1.71. The zero-order valence-electron chi connectivity index (χ0n) is 12.1. The molecule has 2 atom stereocenters. The Morgan fingerprint density at radius 2 is 2.00 bits per heavy atom. The highest BCUT2D eigenvalue weighted by Gasteiger charge is 2.23. The third kappa shape index (κ3) is 3.43. The molecule has 0 saturated heterocycles. The lowest BCUT2D eigenvalue weighted by Crippen LogP contribution is -2.42. The summed E-state index contributed by atoms with van der Waals surface area (Å²) in [5.41, 5.74) is 5.08. The van der Waals surface area contributed by atoms with Gasteiger partial charge < -0.3 is 4.74 Å². The summed E-state index contributed by atoms with van der Waals surface area (Å²) in [6, 6.07) is 10.1. The van der Waals surface area contributed by atoms with Crippen LogP contribution in [0.3, 0.4) is 0 Å². The van der Waals surface area contributed by atoms with Crippen molar-refractivity contribution in [3.8, 4) is 0 Å². The van der Waals surface area contributed by atoms with E-state index in [1.807, 2.05) is 25.1 Å². The van der Waals surface area contributed by atoms with Crippen LogP contribution < -0.4 is 11.3 Å². The Morgan fingerprint density at radius 3 is 2.50 bits per heavy atom. The van der Waals surface area contributed by atoms with Gasteiger partial charge in [0.25, 0.3) is 0 Å². The second-order valence-electron chi connectivity index (χ2n) is 4.79.